The third kappa shape index (κ3) is 2.86. The molecule has 2 aliphatic heterocycles. The van der Waals surface area contributed by atoms with Crippen LogP contribution in [0.1, 0.15) is 26.7 Å². The highest BCUT2D eigenvalue weighted by Crippen LogP contribution is 2.31. The minimum Gasteiger partial charge on any atom is -0.482 e. The molecule has 1 fully saturated rings. The molecule has 1 aromatic carbocycles. The molecule has 0 saturated carbocycles. The summed E-state index contributed by atoms with van der Waals surface area (Å²) in [4.78, 5) is 25.6. The van der Waals surface area contributed by atoms with E-state index in [0.29, 0.717) is 23.0 Å². The number of carbonyl (C=O) groups excluding carboxylic acids is 2. The minimum absolute atomic E-state index is 0.00503. The lowest BCUT2D eigenvalue weighted by Crippen LogP contribution is -2.47. The van der Waals surface area contributed by atoms with Crippen molar-refractivity contribution in [3.8, 4) is 5.75 Å². The number of likely N-dealkylation sites (tertiary alicyclic amines) is 1. The first-order chi connectivity index (χ1) is 10.5. The van der Waals surface area contributed by atoms with Gasteiger partial charge in [0.15, 0.2) is 6.61 Å². The monoisotopic (exact) mass is 303 g/mol. The number of benzene rings is 1. The molecule has 118 valence electrons. The summed E-state index contributed by atoms with van der Waals surface area (Å²) in [7, 11) is 0. The maximum absolute atomic E-state index is 12.4. The number of anilines is 2. The van der Waals surface area contributed by atoms with Gasteiger partial charge in [-0.2, -0.15) is 0 Å². The topological polar surface area (TPSA) is 70.7 Å². The molecule has 2 aliphatic rings. The highest BCUT2D eigenvalue weighted by molar-refractivity contribution is 5.96. The fourth-order valence-corrected chi connectivity index (χ4v) is 2.97. The number of nitrogens with one attached hydrogen (secondary N) is 2. The van der Waals surface area contributed by atoms with E-state index in [9.17, 15) is 9.59 Å². The van der Waals surface area contributed by atoms with E-state index in [-0.39, 0.29) is 24.6 Å². The molecule has 2 N–H and O–H groups in total. The zero-order chi connectivity index (χ0) is 15.7. The fourth-order valence-electron chi connectivity index (χ4n) is 2.97. The van der Waals surface area contributed by atoms with Crippen molar-refractivity contribution in [2.45, 2.75) is 32.7 Å². The quantitative estimate of drug-likeness (QED) is 0.838. The van der Waals surface area contributed by atoms with Crippen molar-refractivity contribution in [1.29, 1.82) is 0 Å². The fraction of sp³-hybridized carbons (Fsp3) is 0.500. The smallest absolute Gasteiger partial charge is 0.322 e. The van der Waals surface area contributed by atoms with Gasteiger partial charge < -0.3 is 20.3 Å². The Kier molecular flexibility index (Phi) is 3.92. The average Bonchev–Trinajstić information content (AvgIpc) is 2.50. The Hall–Kier alpha value is -2.24. The van der Waals surface area contributed by atoms with E-state index in [0.717, 1.165) is 19.4 Å². The van der Waals surface area contributed by atoms with Crippen LogP contribution in [0.3, 0.4) is 0 Å². The van der Waals surface area contributed by atoms with Gasteiger partial charge in [-0.3, -0.25) is 4.79 Å². The van der Waals surface area contributed by atoms with Crippen molar-refractivity contribution < 1.29 is 14.3 Å². The van der Waals surface area contributed by atoms with Gasteiger partial charge in [-0.25, -0.2) is 4.79 Å². The molecule has 0 aromatic heterocycles. The number of carbonyl (C=O) groups is 2. The number of hydrogen-bond donors (Lipinski definition) is 2. The molecular weight excluding hydrogens is 282 g/mol. The van der Waals surface area contributed by atoms with E-state index in [1.165, 1.54) is 0 Å². The molecule has 22 heavy (non-hydrogen) atoms. The molecule has 0 radical (unpaired) electrons. The van der Waals surface area contributed by atoms with Crippen molar-refractivity contribution in [1.82, 2.24) is 4.90 Å². The van der Waals surface area contributed by atoms with Crippen LogP contribution >= 0.6 is 0 Å². The van der Waals surface area contributed by atoms with Gasteiger partial charge in [-0.05, 0) is 37.8 Å². The summed E-state index contributed by atoms with van der Waals surface area (Å²) in [5, 5.41) is 5.65. The average molecular weight is 303 g/mol. The normalized spacial score (nSPS) is 24.1. The van der Waals surface area contributed by atoms with Gasteiger partial charge in [-0.1, -0.05) is 6.92 Å². The van der Waals surface area contributed by atoms with E-state index in [1.807, 2.05) is 4.90 Å². The molecule has 0 spiro atoms. The largest absolute Gasteiger partial charge is 0.482 e. The summed E-state index contributed by atoms with van der Waals surface area (Å²) >= 11 is 0. The standard InChI is InChI=1S/C16H21N3O3/c1-10-4-3-7-19(11(10)2)16(21)17-12-5-6-13-14(8-12)22-9-15(20)18-13/h5-6,8,10-11H,3-4,7,9H2,1-2H3,(H,17,21)(H,18,20)/t10-,11+/m1/s1. The maximum atomic E-state index is 12.4. The first kappa shape index (κ1) is 14.7. The molecule has 1 saturated heterocycles. The van der Waals surface area contributed by atoms with Crippen molar-refractivity contribution in [2.75, 3.05) is 23.8 Å². The summed E-state index contributed by atoms with van der Waals surface area (Å²) in [6.45, 7) is 5.06. The van der Waals surface area contributed by atoms with Crippen molar-refractivity contribution in [3.05, 3.63) is 18.2 Å². The van der Waals surface area contributed by atoms with Gasteiger partial charge in [0.1, 0.15) is 5.75 Å². The number of amides is 3. The number of nitrogens with zero attached hydrogens (tertiary/aromatic N) is 1. The summed E-state index contributed by atoms with van der Waals surface area (Å²) in [5.41, 5.74) is 1.31. The zero-order valence-corrected chi connectivity index (χ0v) is 12.9. The second-order valence-corrected chi connectivity index (χ2v) is 6.03. The van der Waals surface area contributed by atoms with E-state index in [1.54, 1.807) is 18.2 Å². The number of piperidine rings is 1. The Labute approximate surface area is 129 Å². The lowest BCUT2D eigenvalue weighted by molar-refractivity contribution is -0.118. The lowest BCUT2D eigenvalue weighted by Gasteiger charge is -2.37. The molecule has 1 aromatic rings. The summed E-state index contributed by atoms with van der Waals surface area (Å²) in [5.74, 6) is 0.930. The predicted octanol–water partition coefficient (Wildman–Crippen LogP) is 2.67. The molecule has 0 unspecified atom stereocenters. The van der Waals surface area contributed by atoms with Crippen LogP contribution in [0.15, 0.2) is 18.2 Å². The molecule has 6 heteroatoms. The highest BCUT2D eigenvalue weighted by Gasteiger charge is 2.28. The molecular formula is C16H21N3O3. The Bertz CT molecular complexity index is 602. The number of fused-ring (bicyclic) bond motifs is 1. The molecule has 0 bridgehead atoms. The summed E-state index contributed by atoms with van der Waals surface area (Å²) in [6.07, 6.45) is 2.20. The molecule has 3 rings (SSSR count). The third-order valence-electron chi connectivity index (χ3n) is 4.50. The predicted molar refractivity (Wildman–Crippen MR) is 84.2 cm³/mol. The van der Waals surface area contributed by atoms with Crippen molar-refractivity contribution in [3.63, 3.8) is 0 Å². The van der Waals surface area contributed by atoms with Gasteiger partial charge in [-0.15, -0.1) is 0 Å². The zero-order valence-electron chi connectivity index (χ0n) is 12.9. The van der Waals surface area contributed by atoms with Crippen molar-refractivity contribution in [2.24, 2.45) is 5.92 Å². The van der Waals surface area contributed by atoms with Gasteiger partial charge in [0.2, 0.25) is 0 Å². The Morgan fingerprint density at radius 1 is 1.41 bits per heavy atom. The number of hydrogen-bond acceptors (Lipinski definition) is 3. The molecule has 2 heterocycles. The van der Waals surface area contributed by atoms with Gasteiger partial charge in [0, 0.05) is 24.3 Å². The van der Waals surface area contributed by atoms with Crippen LogP contribution in [-0.2, 0) is 4.79 Å². The lowest BCUT2D eigenvalue weighted by atomic mass is 9.92. The Morgan fingerprint density at radius 2 is 2.23 bits per heavy atom. The molecule has 3 amide bonds. The number of urea groups is 1. The SMILES string of the molecule is C[C@@H]1CCCN(C(=O)Nc2ccc3c(c2)OCC(=O)N3)[C@H]1C. The Balaban J connectivity index is 1.70. The first-order valence-electron chi connectivity index (χ1n) is 7.69. The minimum atomic E-state index is -0.166. The number of rotatable bonds is 1. The second kappa shape index (κ2) is 5.87. The maximum Gasteiger partial charge on any atom is 0.322 e. The van der Waals surface area contributed by atoms with E-state index in [2.05, 4.69) is 24.5 Å². The Morgan fingerprint density at radius 3 is 3.05 bits per heavy atom. The molecule has 0 aliphatic carbocycles. The van der Waals surface area contributed by atoms with Crippen LogP contribution < -0.4 is 15.4 Å². The van der Waals surface area contributed by atoms with Crippen LogP contribution in [0.25, 0.3) is 0 Å². The van der Waals surface area contributed by atoms with Gasteiger partial charge in [0.25, 0.3) is 5.91 Å². The van der Waals surface area contributed by atoms with Gasteiger partial charge in [0.05, 0.1) is 5.69 Å². The number of ether oxygens (including phenoxy) is 1. The van der Waals surface area contributed by atoms with E-state index < -0.39 is 0 Å². The summed E-state index contributed by atoms with van der Waals surface area (Å²) < 4.78 is 5.36. The molecule has 6 nitrogen and oxygen atoms in total. The van der Waals surface area contributed by atoms with Crippen LogP contribution in [0, 0.1) is 5.92 Å². The van der Waals surface area contributed by atoms with Crippen LogP contribution in [0.4, 0.5) is 16.2 Å². The molecule has 2 atom stereocenters. The first-order valence-corrected chi connectivity index (χ1v) is 7.69. The van der Waals surface area contributed by atoms with Crippen molar-refractivity contribution >= 4 is 23.3 Å². The van der Waals surface area contributed by atoms with Gasteiger partial charge >= 0.3 is 6.03 Å². The highest BCUT2D eigenvalue weighted by atomic mass is 16.5. The third-order valence-corrected chi connectivity index (χ3v) is 4.50. The van der Waals surface area contributed by atoms with Crippen LogP contribution in [0.5, 0.6) is 5.75 Å². The van der Waals surface area contributed by atoms with E-state index in [4.69, 9.17) is 4.74 Å². The van der Waals surface area contributed by atoms with Crippen LogP contribution in [-0.4, -0.2) is 36.0 Å². The second-order valence-electron chi connectivity index (χ2n) is 6.03. The van der Waals surface area contributed by atoms with E-state index >= 15 is 0 Å². The summed E-state index contributed by atoms with van der Waals surface area (Å²) in [6, 6.07) is 5.40. The van der Waals surface area contributed by atoms with Crippen LogP contribution in [0.2, 0.25) is 0 Å².